The van der Waals surface area contributed by atoms with Gasteiger partial charge in [0.25, 0.3) is 0 Å². The zero-order chi connectivity index (χ0) is 15.2. The number of nitrogens with one attached hydrogen (secondary N) is 1. The summed E-state index contributed by atoms with van der Waals surface area (Å²) in [7, 11) is 0. The highest BCUT2D eigenvalue weighted by Gasteiger charge is 2.10. The Morgan fingerprint density at radius 1 is 0.609 bits per heavy atom. The van der Waals surface area contributed by atoms with Crippen LogP contribution in [0.25, 0.3) is 32.3 Å². The van der Waals surface area contributed by atoms with Gasteiger partial charge in [0, 0.05) is 17.3 Å². The minimum atomic E-state index is 0.863. The third-order valence-electron chi connectivity index (χ3n) is 4.46. The van der Waals surface area contributed by atoms with Crippen molar-refractivity contribution in [3.63, 3.8) is 0 Å². The van der Waals surface area contributed by atoms with E-state index < -0.39 is 0 Å². The van der Waals surface area contributed by atoms with Gasteiger partial charge >= 0.3 is 0 Å². The van der Waals surface area contributed by atoms with Gasteiger partial charge in [-0.3, -0.25) is 0 Å². The topological polar surface area (TPSA) is 24.9 Å². The van der Waals surface area contributed by atoms with Crippen LogP contribution in [-0.2, 0) is 0 Å². The lowest BCUT2D eigenvalue weighted by Gasteiger charge is -2.14. The van der Waals surface area contributed by atoms with E-state index in [1.807, 2.05) is 18.2 Å². The van der Waals surface area contributed by atoms with Crippen LogP contribution in [0.5, 0.6) is 0 Å². The molecule has 1 aromatic heterocycles. The number of benzene rings is 4. The van der Waals surface area contributed by atoms with Gasteiger partial charge in [0.2, 0.25) is 0 Å². The van der Waals surface area contributed by atoms with Gasteiger partial charge in [-0.2, -0.15) is 0 Å². The molecule has 0 aliphatic carbocycles. The Hall–Kier alpha value is -3.13. The van der Waals surface area contributed by atoms with Gasteiger partial charge in [0.15, 0.2) is 0 Å². The normalized spacial score (nSPS) is 11.5. The fourth-order valence-electron chi connectivity index (χ4n) is 3.42. The quantitative estimate of drug-likeness (QED) is 0.421. The molecule has 5 rings (SSSR count). The van der Waals surface area contributed by atoms with Crippen molar-refractivity contribution in [3.8, 4) is 0 Å². The molecule has 0 atom stereocenters. The largest absolute Gasteiger partial charge is 0.340 e. The van der Waals surface area contributed by atoms with Crippen LogP contribution in [0.3, 0.4) is 0 Å². The van der Waals surface area contributed by atoms with Crippen molar-refractivity contribution < 1.29 is 0 Å². The van der Waals surface area contributed by atoms with Gasteiger partial charge in [-0.1, -0.05) is 54.6 Å². The summed E-state index contributed by atoms with van der Waals surface area (Å²) in [5.74, 6) is 0.863. The summed E-state index contributed by atoms with van der Waals surface area (Å²) in [6.45, 7) is 0. The second-order valence-electron chi connectivity index (χ2n) is 5.81. The van der Waals surface area contributed by atoms with Crippen LogP contribution in [0.2, 0.25) is 0 Å². The lowest BCUT2D eigenvalue weighted by molar-refractivity contribution is 1.31. The summed E-state index contributed by atoms with van der Waals surface area (Å²) in [6, 6.07) is 25.5. The Morgan fingerprint density at radius 3 is 2.13 bits per heavy atom. The first-order valence-corrected chi connectivity index (χ1v) is 7.75. The summed E-state index contributed by atoms with van der Waals surface area (Å²) >= 11 is 0. The summed E-state index contributed by atoms with van der Waals surface area (Å²) < 4.78 is 0. The van der Waals surface area contributed by atoms with Gasteiger partial charge < -0.3 is 5.32 Å². The van der Waals surface area contributed by atoms with Crippen LogP contribution in [0.1, 0.15) is 0 Å². The van der Waals surface area contributed by atoms with Crippen LogP contribution in [-0.4, -0.2) is 4.98 Å². The van der Waals surface area contributed by atoms with E-state index >= 15 is 0 Å². The maximum atomic E-state index is 4.37. The monoisotopic (exact) mass is 294 g/mol. The van der Waals surface area contributed by atoms with E-state index in [0.29, 0.717) is 0 Å². The predicted molar refractivity (Wildman–Crippen MR) is 97.7 cm³/mol. The van der Waals surface area contributed by atoms with Gasteiger partial charge in [-0.25, -0.2) is 4.98 Å². The highest BCUT2D eigenvalue weighted by atomic mass is 15.0. The molecule has 23 heavy (non-hydrogen) atoms. The van der Waals surface area contributed by atoms with Gasteiger partial charge in [-0.15, -0.1) is 0 Å². The molecule has 0 aliphatic rings. The molecule has 2 nitrogen and oxygen atoms in total. The molecule has 0 saturated carbocycles. The zero-order valence-corrected chi connectivity index (χ0v) is 12.5. The molecule has 2 heteroatoms. The molecule has 1 N–H and O–H groups in total. The van der Waals surface area contributed by atoms with Crippen LogP contribution < -0.4 is 5.32 Å². The fraction of sp³-hybridized carbons (Fsp3) is 0. The molecule has 0 bridgehead atoms. The summed E-state index contributed by atoms with van der Waals surface area (Å²) in [4.78, 5) is 4.37. The molecule has 0 unspecified atom stereocenters. The van der Waals surface area contributed by atoms with Crippen molar-refractivity contribution in [2.75, 3.05) is 5.32 Å². The minimum absolute atomic E-state index is 0.863. The maximum Gasteiger partial charge on any atom is 0.130 e. The van der Waals surface area contributed by atoms with Crippen molar-refractivity contribution in [3.05, 3.63) is 79.0 Å². The van der Waals surface area contributed by atoms with Crippen LogP contribution in [0, 0.1) is 0 Å². The van der Waals surface area contributed by atoms with Crippen molar-refractivity contribution >= 4 is 43.8 Å². The second kappa shape index (κ2) is 4.68. The summed E-state index contributed by atoms with van der Waals surface area (Å²) in [5, 5.41) is 11.2. The number of rotatable bonds is 2. The molecule has 4 aromatic carbocycles. The highest BCUT2D eigenvalue weighted by molar-refractivity contribution is 6.25. The number of pyridine rings is 1. The molecule has 0 aliphatic heterocycles. The van der Waals surface area contributed by atoms with Crippen LogP contribution in [0.15, 0.2) is 79.0 Å². The van der Waals surface area contributed by atoms with E-state index in [-0.39, 0.29) is 0 Å². The van der Waals surface area contributed by atoms with E-state index in [1.54, 1.807) is 6.20 Å². The van der Waals surface area contributed by atoms with Crippen LogP contribution in [0.4, 0.5) is 11.5 Å². The molecule has 0 radical (unpaired) electrons. The molecular formula is C21H14N2. The molecule has 0 amide bonds. The van der Waals surface area contributed by atoms with Crippen molar-refractivity contribution in [2.45, 2.75) is 0 Å². The number of anilines is 2. The fourth-order valence-corrected chi connectivity index (χ4v) is 3.42. The van der Waals surface area contributed by atoms with Gasteiger partial charge in [-0.05, 0) is 45.1 Å². The van der Waals surface area contributed by atoms with E-state index in [9.17, 15) is 0 Å². The number of hydrogen-bond donors (Lipinski definition) is 1. The lowest BCUT2D eigenvalue weighted by Crippen LogP contribution is -1.94. The molecule has 0 fully saturated rings. The first-order chi connectivity index (χ1) is 11.4. The Balaban J connectivity index is 1.84. The minimum Gasteiger partial charge on any atom is -0.340 e. The summed E-state index contributed by atoms with van der Waals surface area (Å²) in [6.07, 6.45) is 1.80. The highest BCUT2D eigenvalue weighted by Crippen LogP contribution is 2.38. The zero-order valence-electron chi connectivity index (χ0n) is 12.5. The Kier molecular flexibility index (Phi) is 2.53. The van der Waals surface area contributed by atoms with Crippen molar-refractivity contribution in [1.29, 1.82) is 0 Å². The van der Waals surface area contributed by atoms with E-state index in [4.69, 9.17) is 0 Å². The molecular weight excluding hydrogens is 280 g/mol. The average molecular weight is 294 g/mol. The van der Waals surface area contributed by atoms with E-state index in [0.717, 1.165) is 11.5 Å². The Morgan fingerprint density at radius 2 is 1.35 bits per heavy atom. The number of hydrogen-bond acceptors (Lipinski definition) is 2. The van der Waals surface area contributed by atoms with E-state index in [2.05, 4.69) is 64.9 Å². The summed E-state index contributed by atoms with van der Waals surface area (Å²) in [5.41, 5.74) is 1.09. The first kappa shape index (κ1) is 12.4. The number of aromatic nitrogens is 1. The lowest BCUT2D eigenvalue weighted by atomic mass is 9.93. The predicted octanol–water partition coefficient (Wildman–Crippen LogP) is 5.72. The maximum absolute atomic E-state index is 4.37. The third-order valence-corrected chi connectivity index (χ3v) is 4.46. The van der Waals surface area contributed by atoms with E-state index in [1.165, 1.54) is 32.3 Å². The molecule has 0 spiro atoms. The Bertz CT molecular complexity index is 1110. The first-order valence-electron chi connectivity index (χ1n) is 7.75. The smallest absolute Gasteiger partial charge is 0.130 e. The SMILES string of the molecule is c1ccc(Nc2ccc3ccc4cccc5ccc2c3c45)nc1. The Labute approximate surface area is 133 Å². The van der Waals surface area contributed by atoms with Gasteiger partial charge in [0.1, 0.15) is 5.82 Å². The average Bonchev–Trinajstić information content (AvgIpc) is 2.62. The standard InChI is InChI=1S/C21H14N2/c1-2-13-22-19(6-1)23-18-12-10-16-8-7-14-4-3-5-15-9-11-17(18)21(16)20(14)15/h1-13H,(H,22,23). The second-order valence-corrected chi connectivity index (χ2v) is 5.81. The molecule has 108 valence electrons. The van der Waals surface area contributed by atoms with Crippen LogP contribution >= 0.6 is 0 Å². The number of nitrogens with zero attached hydrogens (tertiary/aromatic N) is 1. The molecule has 5 aromatic rings. The molecule has 0 saturated heterocycles. The third kappa shape index (κ3) is 1.85. The van der Waals surface area contributed by atoms with Crippen molar-refractivity contribution in [1.82, 2.24) is 4.98 Å². The molecule has 1 heterocycles. The van der Waals surface area contributed by atoms with Crippen molar-refractivity contribution in [2.24, 2.45) is 0 Å². The van der Waals surface area contributed by atoms with Gasteiger partial charge in [0.05, 0.1) is 0 Å².